The highest BCUT2D eigenvalue weighted by Crippen LogP contribution is 2.30. The maximum Gasteiger partial charge on any atom is 0.342 e. The van der Waals surface area contributed by atoms with Gasteiger partial charge in [0.15, 0.2) is 5.78 Å². The smallest absolute Gasteiger partial charge is 0.342 e. The molecule has 6 heteroatoms. The Labute approximate surface area is 147 Å². The summed E-state index contributed by atoms with van der Waals surface area (Å²) < 4.78 is 10.6. The Morgan fingerprint density at radius 2 is 1.88 bits per heavy atom. The van der Waals surface area contributed by atoms with Gasteiger partial charge < -0.3 is 19.7 Å². The van der Waals surface area contributed by atoms with Crippen LogP contribution in [0, 0.1) is 0 Å². The third-order valence-electron chi connectivity index (χ3n) is 4.50. The van der Waals surface area contributed by atoms with Crippen molar-refractivity contribution >= 4 is 11.8 Å². The Kier molecular flexibility index (Phi) is 6.82. The van der Waals surface area contributed by atoms with Crippen LogP contribution >= 0.6 is 0 Å². The summed E-state index contributed by atoms with van der Waals surface area (Å²) in [6.45, 7) is 1.75. The molecule has 2 atom stereocenters. The predicted octanol–water partition coefficient (Wildman–Crippen LogP) is 2.77. The van der Waals surface area contributed by atoms with Gasteiger partial charge in [0.25, 0.3) is 0 Å². The molecular weight excluding hydrogens is 324 g/mol. The van der Waals surface area contributed by atoms with Gasteiger partial charge in [-0.3, -0.25) is 4.79 Å². The molecule has 2 rings (SSSR count). The zero-order valence-electron chi connectivity index (χ0n) is 14.8. The number of carbonyl (C=O) groups is 2. The molecule has 0 aromatic heterocycles. The van der Waals surface area contributed by atoms with Gasteiger partial charge >= 0.3 is 5.97 Å². The third-order valence-corrected chi connectivity index (χ3v) is 4.50. The van der Waals surface area contributed by atoms with E-state index in [0.717, 1.165) is 0 Å². The van der Waals surface area contributed by atoms with Crippen molar-refractivity contribution in [1.29, 1.82) is 0 Å². The minimum atomic E-state index is -0.932. The van der Waals surface area contributed by atoms with Crippen LogP contribution < -0.4 is 4.74 Å². The molecule has 0 fully saturated rings. The lowest BCUT2D eigenvalue weighted by molar-refractivity contribution is -0.127. The number of phenolic OH excluding ortho intramolecular Hbond substituents is 1. The van der Waals surface area contributed by atoms with Gasteiger partial charge in [0.1, 0.15) is 23.2 Å². The van der Waals surface area contributed by atoms with E-state index in [2.05, 4.69) is 0 Å². The SMILES string of the molecule is COc1cc(O)c2c(c1)CCCC[C@H](O)C(=O)CCC[C@H](C)OC2=O. The van der Waals surface area contributed by atoms with Crippen LogP contribution in [0.3, 0.4) is 0 Å². The van der Waals surface area contributed by atoms with E-state index in [1.807, 2.05) is 0 Å². The van der Waals surface area contributed by atoms with Crippen LogP contribution in [-0.4, -0.2) is 41.3 Å². The molecule has 1 heterocycles. The molecule has 1 aromatic rings. The Morgan fingerprint density at radius 3 is 2.60 bits per heavy atom. The highest BCUT2D eigenvalue weighted by atomic mass is 16.5. The number of aryl methyl sites for hydroxylation is 1. The Morgan fingerprint density at radius 1 is 1.12 bits per heavy atom. The van der Waals surface area contributed by atoms with Crippen LogP contribution in [0.15, 0.2) is 12.1 Å². The Hall–Kier alpha value is -2.08. The van der Waals surface area contributed by atoms with E-state index in [1.54, 1.807) is 13.0 Å². The third kappa shape index (κ3) is 5.19. The van der Waals surface area contributed by atoms with Crippen LogP contribution in [0.4, 0.5) is 0 Å². The average molecular weight is 350 g/mol. The van der Waals surface area contributed by atoms with Gasteiger partial charge in [0.05, 0.1) is 13.2 Å². The quantitative estimate of drug-likeness (QED) is 0.757. The highest BCUT2D eigenvalue weighted by molar-refractivity contribution is 5.94. The summed E-state index contributed by atoms with van der Waals surface area (Å²) in [5.41, 5.74) is 0.813. The lowest BCUT2D eigenvalue weighted by Crippen LogP contribution is -2.22. The molecule has 0 saturated carbocycles. The first kappa shape index (κ1) is 19.2. The molecule has 0 amide bonds. The molecule has 0 radical (unpaired) electrons. The molecule has 0 unspecified atom stereocenters. The maximum absolute atomic E-state index is 12.5. The molecule has 0 bridgehead atoms. The van der Waals surface area contributed by atoms with E-state index in [4.69, 9.17) is 9.47 Å². The van der Waals surface area contributed by atoms with Crippen molar-refractivity contribution in [2.75, 3.05) is 7.11 Å². The van der Waals surface area contributed by atoms with Gasteiger partial charge in [-0.2, -0.15) is 0 Å². The standard InChI is InChI=1S/C19H26O6/c1-12-6-5-9-16(21)15(20)8-4-3-7-13-10-14(24-2)11-17(22)18(13)19(23)25-12/h10-12,15,20,22H,3-9H2,1-2H3/t12-,15-/m0/s1. The van der Waals surface area contributed by atoms with E-state index in [1.165, 1.54) is 13.2 Å². The van der Waals surface area contributed by atoms with Crippen molar-refractivity contribution < 1.29 is 29.3 Å². The van der Waals surface area contributed by atoms with E-state index in [9.17, 15) is 19.8 Å². The molecule has 1 aromatic carbocycles. The molecule has 0 spiro atoms. The largest absolute Gasteiger partial charge is 0.507 e. The monoisotopic (exact) mass is 350 g/mol. The van der Waals surface area contributed by atoms with Gasteiger partial charge in [-0.25, -0.2) is 4.79 Å². The number of carbonyl (C=O) groups excluding carboxylic acids is 2. The average Bonchev–Trinajstić information content (AvgIpc) is 2.56. The number of Topliss-reactive ketones (excluding diaryl/α,β-unsaturated/α-hetero) is 1. The fourth-order valence-corrected chi connectivity index (χ4v) is 3.05. The maximum atomic E-state index is 12.5. The second-order valence-electron chi connectivity index (χ2n) is 6.52. The van der Waals surface area contributed by atoms with Gasteiger partial charge in [-0.15, -0.1) is 0 Å². The first-order chi connectivity index (χ1) is 11.9. The minimum Gasteiger partial charge on any atom is -0.507 e. The number of aliphatic hydroxyl groups is 1. The first-order valence-corrected chi connectivity index (χ1v) is 8.74. The molecule has 25 heavy (non-hydrogen) atoms. The number of phenols is 1. The van der Waals surface area contributed by atoms with E-state index < -0.39 is 12.1 Å². The fourth-order valence-electron chi connectivity index (χ4n) is 3.05. The van der Waals surface area contributed by atoms with Crippen LogP contribution in [0.2, 0.25) is 0 Å². The number of rotatable bonds is 1. The van der Waals surface area contributed by atoms with Gasteiger partial charge in [-0.05, 0) is 50.7 Å². The lowest BCUT2D eigenvalue weighted by Gasteiger charge is -2.18. The molecule has 6 nitrogen and oxygen atoms in total. The van der Waals surface area contributed by atoms with Crippen molar-refractivity contribution in [2.24, 2.45) is 0 Å². The van der Waals surface area contributed by atoms with Crippen LogP contribution in [-0.2, 0) is 16.0 Å². The normalized spacial score (nSPS) is 23.3. The highest BCUT2D eigenvalue weighted by Gasteiger charge is 2.23. The number of hydrogen-bond acceptors (Lipinski definition) is 6. The van der Waals surface area contributed by atoms with Gasteiger partial charge in [-0.1, -0.05) is 6.42 Å². The molecule has 0 saturated heterocycles. The number of methoxy groups -OCH3 is 1. The molecule has 1 aliphatic rings. The van der Waals surface area contributed by atoms with Crippen LogP contribution in [0.1, 0.15) is 61.4 Å². The summed E-state index contributed by atoms with van der Waals surface area (Å²) in [7, 11) is 1.49. The summed E-state index contributed by atoms with van der Waals surface area (Å²) in [5.74, 6) is -0.413. The number of ether oxygens (including phenoxy) is 2. The van der Waals surface area contributed by atoms with Crippen molar-refractivity contribution in [1.82, 2.24) is 0 Å². The van der Waals surface area contributed by atoms with E-state index in [-0.39, 0.29) is 29.6 Å². The summed E-state index contributed by atoms with van der Waals surface area (Å²) in [4.78, 5) is 24.4. The first-order valence-electron chi connectivity index (χ1n) is 8.74. The number of fused-ring (bicyclic) bond motifs is 1. The molecular formula is C19H26O6. The summed E-state index contributed by atoms with van der Waals surface area (Å²) >= 11 is 0. The van der Waals surface area contributed by atoms with Crippen molar-refractivity contribution in [3.63, 3.8) is 0 Å². The number of esters is 1. The second-order valence-corrected chi connectivity index (χ2v) is 6.52. The van der Waals surface area contributed by atoms with Crippen LogP contribution in [0.5, 0.6) is 11.5 Å². The summed E-state index contributed by atoms with van der Waals surface area (Å²) in [5, 5.41) is 20.2. The Bertz CT molecular complexity index is 625. The predicted molar refractivity (Wildman–Crippen MR) is 92.0 cm³/mol. The van der Waals surface area contributed by atoms with Crippen molar-refractivity contribution in [2.45, 2.75) is 64.1 Å². The van der Waals surface area contributed by atoms with Gasteiger partial charge in [0, 0.05) is 12.5 Å². The van der Waals surface area contributed by atoms with E-state index >= 15 is 0 Å². The molecule has 1 aliphatic heterocycles. The number of aliphatic hydroxyl groups excluding tert-OH is 1. The van der Waals surface area contributed by atoms with E-state index in [0.29, 0.717) is 49.8 Å². The summed E-state index contributed by atoms with van der Waals surface area (Å²) in [6, 6.07) is 3.12. The number of ketones is 1. The number of hydrogen-bond donors (Lipinski definition) is 2. The molecule has 2 N–H and O–H groups in total. The number of benzene rings is 1. The number of aromatic hydroxyl groups is 1. The molecule has 138 valence electrons. The zero-order valence-corrected chi connectivity index (χ0v) is 14.8. The van der Waals surface area contributed by atoms with Crippen molar-refractivity contribution in [3.05, 3.63) is 23.3 Å². The molecule has 0 aliphatic carbocycles. The number of cyclic esters (lactones) is 1. The fraction of sp³-hybridized carbons (Fsp3) is 0.579. The van der Waals surface area contributed by atoms with Crippen LogP contribution in [0.25, 0.3) is 0 Å². The minimum absolute atomic E-state index is 0.157. The zero-order chi connectivity index (χ0) is 18.4. The van der Waals surface area contributed by atoms with Gasteiger partial charge in [0.2, 0.25) is 0 Å². The van der Waals surface area contributed by atoms with Crippen molar-refractivity contribution in [3.8, 4) is 11.5 Å². The second kappa shape index (κ2) is 8.85. The topological polar surface area (TPSA) is 93.1 Å². The Balaban J connectivity index is 2.28. The lowest BCUT2D eigenvalue weighted by atomic mass is 9.97. The summed E-state index contributed by atoms with van der Waals surface area (Å²) in [6.07, 6.45) is 2.29.